The summed E-state index contributed by atoms with van der Waals surface area (Å²) in [6.07, 6.45) is 2.32. The lowest BCUT2D eigenvalue weighted by atomic mass is 9.98. The van der Waals surface area contributed by atoms with E-state index in [9.17, 15) is 0 Å². The zero-order valence-corrected chi connectivity index (χ0v) is 12.8. The van der Waals surface area contributed by atoms with Gasteiger partial charge in [-0.25, -0.2) is 0 Å². The highest BCUT2D eigenvalue weighted by Crippen LogP contribution is 2.21. The van der Waals surface area contributed by atoms with Crippen LogP contribution >= 0.6 is 27.5 Å². The third kappa shape index (κ3) is 5.89. The second kappa shape index (κ2) is 8.12. The summed E-state index contributed by atoms with van der Waals surface area (Å²) in [5, 5.41) is 0. The quantitative estimate of drug-likeness (QED) is 0.664. The standard InChI is InChI=1S/C14H20BrClO/c1-11(2)17-8-7-12(10-16)9-13-5-3-4-6-14(13)15/h3-6,11-12H,7-10H2,1-2H3. The molecule has 0 saturated carbocycles. The van der Waals surface area contributed by atoms with Gasteiger partial charge < -0.3 is 4.74 Å². The van der Waals surface area contributed by atoms with E-state index in [1.54, 1.807) is 0 Å². The van der Waals surface area contributed by atoms with Crippen molar-refractivity contribution in [3.05, 3.63) is 34.3 Å². The molecule has 17 heavy (non-hydrogen) atoms. The van der Waals surface area contributed by atoms with Crippen molar-refractivity contribution in [2.75, 3.05) is 12.5 Å². The van der Waals surface area contributed by atoms with Gasteiger partial charge >= 0.3 is 0 Å². The Kier molecular flexibility index (Phi) is 7.17. The molecule has 0 aliphatic heterocycles. The van der Waals surface area contributed by atoms with Gasteiger partial charge in [0.1, 0.15) is 0 Å². The van der Waals surface area contributed by atoms with Crippen LogP contribution < -0.4 is 0 Å². The Morgan fingerprint density at radius 1 is 1.29 bits per heavy atom. The van der Waals surface area contributed by atoms with Crippen LogP contribution in [0.1, 0.15) is 25.8 Å². The number of rotatable bonds is 7. The van der Waals surface area contributed by atoms with Crippen molar-refractivity contribution >= 4 is 27.5 Å². The summed E-state index contributed by atoms with van der Waals surface area (Å²) in [7, 11) is 0. The number of ether oxygens (including phenoxy) is 1. The summed E-state index contributed by atoms with van der Waals surface area (Å²) >= 11 is 9.59. The van der Waals surface area contributed by atoms with Crippen molar-refractivity contribution in [3.63, 3.8) is 0 Å². The Labute approximate surface area is 118 Å². The molecule has 0 amide bonds. The van der Waals surface area contributed by atoms with Gasteiger partial charge in [-0.05, 0) is 44.2 Å². The smallest absolute Gasteiger partial charge is 0.0518 e. The summed E-state index contributed by atoms with van der Waals surface area (Å²) in [4.78, 5) is 0. The fraction of sp³-hybridized carbons (Fsp3) is 0.571. The minimum atomic E-state index is 0.300. The monoisotopic (exact) mass is 318 g/mol. The Hall–Kier alpha value is -0.0500. The number of halogens is 2. The van der Waals surface area contributed by atoms with E-state index in [-0.39, 0.29) is 0 Å². The number of benzene rings is 1. The van der Waals surface area contributed by atoms with E-state index in [0.29, 0.717) is 17.9 Å². The average molecular weight is 320 g/mol. The van der Waals surface area contributed by atoms with Crippen molar-refractivity contribution < 1.29 is 4.74 Å². The highest BCUT2D eigenvalue weighted by atomic mass is 79.9. The van der Waals surface area contributed by atoms with Crippen molar-refractivity contribution in [3.8, 4) is 0 Å². The highest BCUT2D eigenvalue weighted by molar-refractivity contribution is 9.10. The van der Waals surface area contributed by atoms with E-state index in [4.69, 9.17) is 16.3 Å². The number of hydrogen-bond donors (Lipinski definition) is 0. The molecule has 1 unspecified atom stereocenters. The highest BCUT2D eigenvalue weighted by Gasteiger charge is 2.10. The van der Waals surface area contributed by atoms with Crippen LogP contribution in [-0.2, 0) is 11.2 Å². The van der Waals surface area contributed by atoms with Crippen LogP contribution in [0.5, 0.6) is 0 Å². The summed E-state index contributed by atoms with van der Waals surface area (Å²) in [6, 6.07) is 8.32. The minimum absolute atomic E-state index is 0.300. The van der Waals surface area contributed by atoms with Crippen LogP contribution in [0.2, 0.25) is 0 Å². The van der Waals surface area contributed by atoms with Gasteiger partial charge in [-0.1, -0.05) is 34.1 Å². The lowest BCUT2D eigenvalue weighted by molar-refractivity contribution is 0.0700. The molecule has 0 N–H and O–H groups in total. The molecule has 1 aromatic carbocycles. The SMILES string of the molecule is CC(C)OCCC(CCl)Cc1ccccc1Br. The van der Waals surface area contributed by atoms with Gasteiger partial charge in [-0.2, -0.15) is 0 Å². The molecule has 96 valence electrons. The number of hydrogen-bond acceptors (Lipinski definition) is 1. The molecule has 0 aliphatic rings. The van der Waals surface area contributed by atoms with Crippen molar-refractivity contribution in [1.82, 2.24) is 0 Å². The van der Waals surface area contributed by atoms with Gasteiger partial charge in [-0.3, -0.25) is 0 Å². The molecule has 1 atom stereocenters. The van der Waals surface area contributed by atoms with Crippen molar-refractivity contribution in [1.29, 1.82) is 0 Å². The van der Waals surface area contributed by atoms with E-state index in [2.05, 4.69) is 48.0 Å². The molecule has 1 nitrogen and oxygen atoms in total. The van der Waals surface area contributed by atoms with Gasteiger partial charge in [-0.15, -0.1) is 11.6 Å². The Bertz CT molecular complexity index is 328. The van der Waals surface area contributed by atoms with Gasteiger partial charge in [0.2, 0.25) is 0 Å². The maximum atomic E-state index is 6.01. The maximum Gasteiger partial charge on any atom is 0.0518 e. The second-order valence-electron chi connectivity index (χ2n) is 4.52. The van der Waals surface area contributed by atoms with Gasteiger partial charge in [0.05, 0.1) is 6.10 Å². The predicted octanol–water partition coefficient (Wildman–Crippen LogP) is 4.66. The Balaban J connectivity index is 2.44. The van der Waals surface area contributed by atoms with Crippen LogP contribution in [0.15, 0.2) is 28.7 Å². The lowest BCUT2D eigenvalue weighted by Gasteiger charge is -2.16. The fourth-order valence-electron chi connectivity index (χ4n) is 1.68. The molecular weight excluding hydrogens is 300 g/mol. The third-order valence-electron chi connectivity index (χ3n) is 2.66. The van der Waals surface area contributed by atoms with E-state index < -0.39 is 0 Å². The largest absolute Gasteiger partial charge is 0.379 e. The van der Waals surface area contributed by atoms with Gasteiger partial charge in [0.15, 0.2) is 0 Å². The number of alkyl halides is 1. The van der Waals surface area contributed by atoms with Crippen molar-refractivity contribution in [2.24, 2.45) is 5.92 Å². The first-order valence-electron chi connectivity index (χ1n) is 6.04. The molecule has 3 heteroatoms. The Morgan fingerprint density at radius 3 is 2.59 bits per heavy atom. The maximum absolute atomic E-state index is 6.01. The van der Waals surface area contributed by atoms with Crippen LogP contribution in [0.4, 0.5) is 0 Å². The van der Waals surface area contributed by atoms with E-state index >= 15 is 0 Å². The molecular formula is C14H20BrClO. The fourth-order valence-corrected chi connectivity index (χ4v) is 2.39. The summed E-state index contributed by atoms with van der Waals surface area (Å²) < 4.78 is 6.74. The molecule has 0 heterocycles. The third-order valence-corrected chi connectivity index (χ3v) is 3.87. The van der Waals surface area contributed by atoms with Crippen LogP contribution in [0.3, 0.4) is 0 Å². The molecule has 0 radical (unpaired) electrons. The van der Waals surface area contributed by atoms with Gasteiger partial charge in [0.25, 0.3) is 0 Å². The summed E-state index contributed by atoms with van der Waals surface area (Å²) in [5.74, 6) is 1.16. The zero-order valence-electron chi connectivity index (χ0n) is 10.5. The van der Waals surface area contributed by atoms with E-state index in [1.165, 1.54) is 10.0 Å². The van der Waals surface area contributed by atoms with E-state index in [0.717, 1.165) is 19.4 Å². The first-order valence-corrected chi connectivity index (χ1v) is 7.37. The average Bonchev–Trinajstić information content (AvgIpc) is 2.30. The Morgan fingerprint density at radius 2 is 2.00 bits per heavy atom. The second-order valence-corrected chi connectivity index (χ2v) is 5.69. The minimum Gasteiger partial charge on any atom is -0.379 e. The molecule has 0 aromatic heterocycles. The molecule has 1 rings (SSSR count). The molecule has 0 fully saturated rings. The molecule has 0 saturated heterocycles. The molecule has 1 aromatic rings. The molecule has 0 bridgehead atoms. The normalized spacial score (nSPS) is 13.0. The van der Waals surface area contributed by atoms with Crippen LogP contribution in [-0.4, -0.2) is 18.6 Å². The van der Waals surface area contributed by atoms with Crippen LogP contribution in [0.25, 0.3) is 0 Å². The molecule has 0 aliphatic carbocycles. The zero-order chi connectivity index (χ0) is 12.7. The van der Waals surface area contributed by atoms with Crippen LogP contribution in [0, 0.1) is 5.92 Å². The predicted molar refractivity (Wildman–Crippen MR) is 77.8 cm³/mol. The lowest BCUT2D eigenvalue weighted by Crippen LogP contribution is -2.13. The van der Waals surface area contributed by atoms with E-state index in [1.807, 2.05) is 6.07 Å². The van der Waals surface area contributed by atoms with Crippen molar-refractivity contribution in [2.45, 2.75) is 32.8 Å². The topological polar surface area (TPSA) is 9.23 Å². The van der Waals surface area contributed by atoms with Gasteiger partial charge in [0, 0.05) is 17.0 Å². The first kappa shape index (κ1) is 15.0. The first-order chi connectivity index (χ1) is 8.13. The summed E-state index contributed by atoms with van der Waals surface area (Å²) in [6.45, 7) is 4.91. The molecule has 0 spiro atoms. The summed E-state index contributed by atoms with van der Waals surface area (Å²) in [5.41, 5.74) is 1.32.